The van der Waals surface area contributed by atoms with Crippen LogP contribution in [0, 0.1) is 5.82 Å². The Kier molecular flexibility index (Phi) is 5.41. The first-order valence-electron chi connectivity index (χ1n) is 7.95. The average Bonchev–Trinajstić information content (AvgIpc) is 2.64. The maximum absolute atomic E-state index is 12.9. The second kappa shape index (κ2) is 8.10. The number of hydrogen-bond donors (Lipinski definition) is 2. The van der Waals surface area contributed by atoms with E-state index in [2.05, 4.69) is 20.6 Å². The first-order valence-corrected chi connectivity index (χ1v) is 7.95. The van der Waals surface area contributed by atoms with Crippen molar-refractivity contribution in [2.75, 3.05) is 24.3 Å². The zero-order chi connectivity index (χ0) is 17.5. The fourth-order valence-corrected chi connectivity index (χ4v) is 2.31. The third kappa shape index (κ3) is 4.91. The molecule has 1 heterocycles. The van der Waals surface area contributed by atoms with Gasteiger partial charge in [-0.05, 0) is 54.4 Å². The van der Waals surface area contributed by atoms with Crippen LogP contribution in [0.5, 0.6) is 5.75 Å². The van der Waals surface area contributed by atoms with Crippen LogP contribution < -0.4 is 15.4 Å². The van der Waals surface area contributed by atoms with E-state index in [1.54, 1.807) is 31.5 Å². The molecule has 0 fully saturated rings. The zero-order valence-electron chi connectivity index (χ0n) is 13.9. The summed E-state index contributed by atoms with van der Waals surface area (Å²) >= 11 is 0. The number of aromatic nitrogens is 2. The second-order valence-corrected chi connectivity index (χ2v) is 5.42. The van der Waals surface area contributed by atoms with E-state index >= 15 is 0 Å². The van der Waals surface area contributed by atoms with Crippen molar-refractivity contribution in [1.82, 2.24) is 9.97 Å². The van der Waals surface area contributed by atoms with Crippen molar-refractivity contribution in [3.05, 3.63) is 72.2 Å². The van der Waals surface area contributed by atoms with E-state index in [9.17, 15) is 4.39 Å². The Morgan fingerprint density at radius 2 is 1.76 bits per heavy atom. The van der Waals surface area contributed by atoms with Crippen molar-refractivity contribution in [3.63, 3.8) is 0 Å². The molecule has 3 aromatic rings. The van der Waals surface area contributed by atoms with Crippen LogP contribution in [0.25, 0.3) is 0 Å². The number of ether oxygens (including phenoxy) is 1. The van der Waals surface area contributed by atoms with Crippen molar-refractivity contribution in [3.8, 4) is 5.75 Å². The molecule has 5 nitrogen and oxygen atoms in total. The minimum absolute atomic E-state index is 0.225. The maximum atomic E-state index is 12.9. The molecule has 6 heteroatoms. The van der Waals surface area contributed by atoms with Crippen LogP contribution in [0.1, 0.15) is 5.56 Å². The molecule has 0 unspecified atom stereocenters. The highest BCUT2D eigenvalue weighted by Crippen LogP contribution is 2.19. The predicted octanol–water partition coefficient (Wildman–Crippen LogP) is 4.02. The third-order valence-corrected chi connectivity index (χ3v) is 3.63. The van der Waals surface area contributed by atoms with E-state index < -0.39 is 0 Å². The zero-order valence-corrected chi connectivity index (χ0v) is 13.9. The van der Waals surface area contributed by atoms with Gasteiger partial charge in [-0.1, -0.05) is 12.1 Å². The van der Waals surface area contributed by atoms with E-state index in [-0.39, 0.29) is 5.82 Å². The summed E-state index contributed by atoms with van der Waals surface area (Å²) in [5, 5.41) is 6.40. The van der Waals surface area contributed by atoms with Crippen LogP contribution in [0.4, 0.5) is 21.8 Å². The number of methoxy groups -OCH3 is 1. The second-order valence-electron chi connectivity index (χ2n) is 5.42. The molecule has 0 aliphatic heterocycles. The van der Waals surface area contributed by atoms with Crippen LogP contribution in [0.3, 0.4) is 0 Å². The lowest BCUT2D eigenvalue weighted by atomic mass is 10.1. The molecule has 2 N–H and O–H groups in total. The van der Waals surface area contributed by atoms with Crippen LogP contribution in [-0.4, -0.2) is 23.6 Å². The normalized spacial score (nSPS) is 10.3. The quantitative estimate of drug-likeness (QED) is 0.681. The van der Waals surface area contributed by atoms with Crippen LogP contribution >= 0.6 is 0 Å². The topological polar surface area (TPSA) is 59.1 Å². The maximum Gasteiger partial charge on any atom is 0.224 e. The van der Waals surface area contributed by atoms with E-state index in [1.807, 2.05) is 24.3 Å². The highest BCUT2D eigenvalue weighted by atomic mass is 19.1. The highest BCUT2D eigenvalue weighted by molar-refractivity contribution is 5.57. The SMILES string of the molecule is COc1ccc(Nc2ccnc(NCCc3ccc(F)cc3)n2)cc1. The Bertz CT molecular complexity index is 806. The summed E-state index contributed by atoms with van der Waals surface area (Å²) in [6.45, 7) is 0.664. The molecule has 0 bridgehead atoms. The number of rotatable bonds is 7. The predicted molar refractivity (Wildman–Crippen MR) is 96.9 cm³/mol. The van der Waals surface area contributed by atoms with Crippen molar-refractivity contribution < 1.29 is 9.13 Å². The van der Waals surface area contributed by atoms with Crippen LogP contribution in [0.2, 0.25) is 0 Å². The Hall–Kier alpha value is -3.15. The fraction of sp³-hybridized carbons (Fsp3) is 0.158. The minimum atomic E-state index is -0.225. The molecule has 0 saturated carbocycles. The number of anilines is 3. The summed E-state index contributed by atoms with van der Waals surface area (Å²) in [7, 11) is 1.64. The van der Waals surface area contributed by atoms with Crippen LogP contribution in [0.15, 0.2) is 60.8 Å². The van der Waals surface area contributed by atoms with Crippen molar-refractivity contribution in [1.29, 1.82) is 0 Å². The first kappa shape index (κ1) is 16.7. The monoisotopic (exact) mass is 338 g/mol. The van der Waals surface area contributed by atoms with Gasteiger partial charge in [0.25, 0.3) is 0 Å². The van der Waals surface area contributed by atoms with E-state index in [4.69, 9.17) is 4.74 Å². The summed E-state index contributed by atoms with van der Waals surface area (Å²) in [6, 6.07) is 15.9. The van der Waals surface area contributed by atoms with Gasteiger partial charge in [-0.15, -0.1) is 0 Å². The summed E-state index contributed by atoms with van der Waals surface area (Å²) in [5.74, 6) is 1.82. The largest absolute Gasteiger partial charge is 0.497 e. The minimum Gasteiger partial charge on any atom is -0.497 e. The van der Waals surface area contributed by atoms with Crippen molar-refractivity contribution in [2.24, 2.45) is 0 Å². The van der Waals surface area contributed by atoms with Crippen molar-refractivity contribution in [2.45, 2.75) is 6.42 Å². The number of nitrogens with zero attached hydrogens (tertiary/aromatic N) is 2. The number of hydrogen-bond acceptors (Lipinski definition) is 5. The molecule has 2 aromatic carbocycles. The Labute approximate surface area is 145 Å². The van der Waals surface area contributed by atoms with Gasteiger partial charge in [0.15, 0.2) is 0 Å². The van der Waals surface area contributed by atoms with Gasteiger partial charge in [-0.25, -0.2) is 9.37 Å². The highest BCUT2D eigenvalue weighted by Gasteiger charge is 2.01. The molecule has 0 aliphatic carbocycles. The molecule has 0 atom stereocenters. The van der Waals surface area contributed by atoms with Gasteiger partial charge < -0.3 is 15.4 Å². The molecule has 0 amide bonds. The Morgan fingerprint density at radius 3 is 2.48 bits per heavy atom. The lowest BCUT2D eigenvalue weighted by Gasteiger charge is -2.09. The van der Waals surface area contributed by atoms with E-state index in [0.29, 0.717) is 18.3 Å². The molecular formula is C19H19FN4O. The summed E-state index contributed by atoms with van der Waals surface area (Å²) in [5.41, 5.74) is 1.97. The van der Waals surface area contributed by atoms with E-state index in [1.165, 1.54) is 12.1 Å². The summed E-state index contributed by atoms with van der Waals surface area (Å²) < 4.78 is 18.0. The lowest BCUT2D eigenvalue weighted by molar-refractivity contribution is 0.415. The molecular weight excluding hydrogens is 319 g/mol. The van der Waals surface area contributed by atoms with Gasteiger partial charge >= 0.3 is 0 Å². The van der Waals surface area contributed by atoms with Gasteiger partial charge in [0.1, 0.15) is 17.4 Å². The molecule has 0 radical (unpaired) electrons. The molecule has 128 valence electrons. The molecule has 0 spiro atoms. The van der Waals surface area contributed by atoms with Gasteiger partial charge in [-0.2, -0.15) is 4.98 Å². The fourth-order valence-electron chi connectivity index (χ4n) is 2.31. The average molecular weight is 338 g/mol. The van der Waals surface area contributed by atoms with E-state index in [0.717, 1.165) is 23.4 Å². The molecule has 0 saturated heterocycles. The standard InChI is InChI=1S/C19H19FN4O/c1-25-17-8-6-16(7-9-17)23-18-11-13-22-19(24-18)21-12-10-14-2-4-15(20)5-3-14/h2-9,11,13H,10,12H2,1H3,(H2,21,22,23,24). The smallest absolute Gasteiger partial charge is 0.224 e. The molecule has 1 aromatic heterocycles. The van der Waals surface area contributed by atoms with Gasteiger partial charge in [-0.3, -0.25) is 0 Å². The van der Waals surface area contributed by atoms with Gasteiger partial charge in [0.05, 0.1) is 7.11 Å². The molecule has 3 rings (SSSR count). The number of nitrogens with one attached hydrogen (secondary N) is 2. The van der Waals surface area contributed by atoms with Crippen LogP contribution in [-0.2, 0) is 6.42 Å². The van der Waals surface area contributed by atoms with Crippen molar-refractivity contribution >= 4 is 17.5 Å². The summed E-state index contributed by atoms with van der Waals surface area (Å²) in [6.07, 6.45) is 2.46. The first-order chi connectivity index (χ1) is 12.2. The number of benzene rings is 2. The number of halogens is 1. The lowest BCUT2D eigenvalue weighted by Crippen LogP contribution is -2.08. The Balaban J connectivity index is 1.56. The van der Waals surface area contributed by atoms with Gasteiger partial charge in [0.2, 0.25) is 5.95 Å². The molecule has 0 aliphatic rings. The molecule has 25 heavy (non-hydrogen) atoms. The summed E-state index contributed by atoms with van der Waals surface area (Å²) in [4.78, 5) is 8.64. The van der Waals surface area contributed by atoms with Gasteiger partial charge in [0, 0.05) is 18.4 Å². The third-order valence-electron chi connectivity index (χ3n) is 3.63. The Morgan fingerprint density at radius 1 is 1.00 bits per heavy atom.